The van der Waals surface area contributed by atoms with Gasteiger partial charge < -0.3 is 14.8 Å². The molecule has 1 N–H and O–H groups in total. The lowest BCUT2D eigenvalue weighted by Gasteiger charge is -2.11. The number of methoxy groups -OCH3 is 2. The number of rotatable bonds is 9. The van der Waals surface area contributed by atoms with Gasteiger partial charge in [-0.25, -0.2) is 4.98 Å². The van der Waals surface area contributed by atoms with Crippen molar-refractivity contribution >= 4 is 51.8 Å². The maximum absolute atomic E-state index is 12.4. The zero-order chi connectivity index (χ0) is 19.9. The maximum atomic E-state index is 12.4. The van der Waals surface area contributed by atoms with Crippen LogP contribution >= 0.6 is 34.4 Å². The van der Waals surface area contributed by atoms with E-state index in [9.17, 15) is 9.59 Å². The smallest absolute Gasteiger partial charge is 0.230 e. The summed E-state index contributed by atoms with van der Waals surface area (Å²) in [6.07, 6.45) is 0.135. The number of nitrogens with zero attached hydrogens (tertiary/aromatic N) is 1. The van der Waals surface area contributed by atoms with E-state index in [1.54, 1.807) is 32.4 Å². The molecule has 2 aromatic heterocycles. The van der Waals surface area contributed by atoms with E-state index in [0.29, 0.717) is 28.6 Å². The normalized spacial score (nSPS) is 10.5. The highest BCUT2D eigenvalue weighted by atomic mass is 32.2. The van der Waals surface area contributed by atoms with Crippen LogP contribution in [-0.4, -0.2) is 36.6 Å². The topological polar surface area (TPSA) is 77.5 Å². The summed E-state index contributed by atoms with van der Waals surface area (Å²) in [7, 11) is 3.10. The van der Waals surface area contributed by atoms with E-state index < -0.39 is 0 Å². The molecule has 0 saturated carbocycles. The molecule has 3 aromatic rings. The molecule has 146 valence electrons. The number of benzene rings is 1. The van der Waals surface area contributed by atoms with Crippen molar-refractivity contribution in [1.82, 2.24) is 4.98 Å². The summed E-state index contributed by atoms with van der Waals surface area (Å²) < 4.78 is 11.2. The van der Waals surface area contributed by atoms with Crippen LogP contribution in [0.15, 0.2) is 45.4 Å². The molecule has 0 unspecified atom stereocenters. The number of thiazole rings is 1. The SMILES string of the molecule is COc1ccc(OC)c(NC(=O)Cc2csc(SCC(=O)c3cccs3)n2)c1. The van der Waals surface area contributed by atoms with Gasteiger partial charge in [-0.15, -0.1) is 22.7 Å². The molecular weight excluding hydrogens is 416 g/mol. The minimum Gasteiger partial charge on any atom is -0.497 e. The van der Waals surface area contributed by atoms with E-state index in [0.717, 1.165) is 9.22 Å². The van der Waals surface area contributed by atoms with Crippen LogP contribution in [0.4, 0.5) is 5.69 Å². The lowest BCUT2D eigenvalue weighted by atomic mass is 10.2. The Bertz CT molecular complexity index is 954. The summed E-state index contributed by atoms with van der Waals surface area (Å²) in [5, 5.41) is 6.54. The van der Waals surface area contributed by atoms with Gasteiger partial charge in [0.1, 0.15) is 11.5 Å². The minimum atomic E-state index is -0.205. The summed E-state index contributed by atoms with van der Waals surface area (Å²) in [6.45, 7) is 0. The Balaban J connectivity index is 1.56. The van der Waals surface area contributed by atoms with Crippen LogP contribution in [0.25, 0.3) is 0 Å². The van der Waals surface area contributed by atoms with E-state index >= 15 is 0 Å². The summed E-state index contributed by atoms with van der Waals surface area (Å²) >= 11 is 4.25. The highest BCUT2D eigenvalue weighted by molar-refractivity contribution is 8.01. The lowest BCUT2D eigenvalue weighted by Crippen LogP contribution is -2.15. The fourth-order valence-electron chi connectivity index (χ4n) is 2.34. The van der Waals surface area contributed by atoms with Gasteiger partial charge in [-0.1, -0.05) is 17.8 Å². The third-order valence-corrected chi connectivity index (χ3v) is 6.66. The first kappa shape index (κ1) is 20.4. The largest absolute Gasteiger partial charge is 0.497 e. The molecule has 9 heteroatoms. The maximum Gasteiger partial charge on any atom is 0.230 e. The van der Waals surface area contributed by atoms with Gasteiger partial charge in [0, 0.05) is 11.4 Å². The second kappa shape index (κ2) is 9.72. The number of aromatic nitrogens is 1. The monoisotopic (exact) mass is 434 g/mol. The van der Waals surface area contributed by atoms with Gasteiger partial charge in [-0.3, -0.25) is 9.59 Å². The molecule has 3 rings (SSSR count). The lowest BCUT2D eigenvalue weighted by molar-refractivity contribution is -0.115. The standard InChI is InChI=1S/C19H18N2O4S3/c1-24-13-5-6-16(25-2)14(9-13)21-18(23)8-12-10-27-19(20-12)28-11-15(22)17-4-3-7-26-17/h3-7,9-10H,8,11H2,1-2H3,(H,21,23). The molecule has 0 bridgehead atoms. The average Bonchev–Trinajstić information content (AvgIpc) is 3.38. The highest BCUT2D eigenvalue weighted by Crippen LogP contribution is 2.29. The molecule has 2 heterocycles. The molecular formula is C19H18N2O4S3. The summed E-state index contributed by atoms with van der Waals surface area (Å²) in [5.74, 6) is 1.39. The van der Waals surface area contributed by atoms with Crippen molar-refractivity contribution < 1.29 is 19.1 Å². The van der Waals surface area contributed by atoms with E-state index in [4.69, 9.17) is 9.47 Å². The van der Waals surface area contributed by atoms with Crippen molar-refractivity contribution in [2.45, 2.75) is 10.8 Å². The molecule has 0 aliphatic carbocycles. The highest BCUT2D eigenvalue weighted by Gasteiger charge is 2.13. The third kappa shape index (κ3) is 5.34. The van der Waals surface area contributed by atoms with Crippen LogP contribution in [0, 0.1) is 0 Å². The van der Waals surface area contributed by atoms with Crippen molar-refractivity contribution in [3.05, 3.63) is 51.7 Å². The molecule has 0 spiro atoms. The molecule has 0 atom stereocenters. The Labute approximate surface area is 174 Å². The Morgan fingerprint density at radius 2 is 2.04 bits per heavy atom. The van der Waals surface area contributed by atoms with Gasteiger partial charge in [0.15, 0.2) is 10.1 Å². The molecule has 0 aliphatic heterocycles. The summed E-state index contributed by atoms with van der Waals surface area (Å²) in [5.41, 5.74) is 1.20. The van der Waals surface area contributed by atoms with Gasteiger partial charge in [-0.2, -0.15) is 0 Å². The molecule has 1 amide bonds. The van der Waals surface area contributed by atoms with E-state index in [1.807, 2.05) is 22.9 Å². The van der Waals surface area contributed by atoms with Crippen molar-refractivity contribution in [2.75, 3.05) is 25.3 Å². The number of carbonyl (C=O) groups is 2. The first-order valence-corrected chi connectivity index (χ1v) is 11.0. The molecule has 1 aromatic carbocycles. The van der Waals surface area contributed by atoms with Gasteiger partial charge in [0.2, 0.25) is 5.91 Å². The van der Waals surface area contributed by atoms with Crippen LogP contribution in [0.3, 0.4) is 0 Å². The fourth-order valence-corrected chi connectivity index (χ4v) is 4.83. The van der Waals surface area contributed by atoms with Crippen LogP contribution in [0.2, 0.25) is 0 Å². The number of thioether (sulfide) groups is 1. The van der Waals surface area contributed by atoms with Gasteiger partial charge >= 0.3 is 0 Å². The second-order valence-corrected chi connectivity index (χ2v) is 8.61. The first-order valence-electron chi connectivity index (χ1n) is 8.25. The molecule has 0 fully saturated rings. The predicted octanol–water partition coefficient (Wildman–Crippen LogP) is 4.38. The van der Waals surface area contributed by atoms with Gasteiger partial charge in [0.25, 0.3) is 0 Å². The van der Waals surface area contributed by atoms with Crippen molar-refractivity contribution in [2.24, 2.45) is 0 Å². The third-order valence-electron chi connectivity index (χ3n) is 3.68. The van der Waals surface area contributed by atoms with Crippen molar-refractivity contribution in [1.29, 1.82) is 0 Å². The van der Waals surface area contributed by atoms with E-state index in [1.165, 1.54) is 34.4 Å². The van der Waals surface area contributed by atoms with Crippen molar-refractivity contribution in [3.63, 3.8) is 0 Å². The van der Waals surface area contributed by atoms with Crippen LogP contribution in [0.1, 0.15) is 15.4 Å². The number of anilines is 1. The van der Waals surface area contributed by atoms with Crippen LogP contribution in [0.5, 0.6) is 11.5 Å². The molecule has 0 aliphatic rings. The van der Waals surface area contributed by atoms with E-state index in [2.05, 4.69) is 10.3 Å². The van der Waals surface area contributed by atoms with Crippen LogP contribution in [-0.2, 0) is 11.2 Å². The number of hydrogen-bond donors (Lipinski definition) is 1. The number of Topliss-reactive ketones (excluding diaryl/α,β-unsaturated/α-hetero) is 1. The quantitative estimate of drug-likeness (QED) is 0.398. The van der Waals surface area contributed by atoms with Gasteiger partial charge in [-0.05, 0) is 23.6 Å². The summed E-state index contributed by atoms with van der Waals surface area (Å²) in [4.78, 5) is 29.6. The molecule has 6 nitrogen and oxygen atoms in total. The number of ether oxygens (including phenoxy) is 2. The zero-order valence-electron chi connectivity index (χ0n) is 15.3. The second-order valence-electron chi connectivity index (χ2n) is 5.59. The van der Waals surface area contributed by atoms with Gasteiger partial charge in [0.05, 0.1) is 42.7 Å². The van der Waals surface area contributed by atoms with Crippen LogP contribution < -0.4 is 14.8 Å². The number of nitrogens with one attached hydrogen (secondary N) is 1. The Hall–Kier alpha value is -2.36. The Morgan fingerprint density at radius 3 is 2.75 bits per heavy atom. The molecule has 0 radical (unpaired) electrons. The van der Waals surface area contributed by atoms with E-state index in [-0.39, 0.29) is 18.1 Å². The first-order chi connectivity index (χ1) is 13.6. The fraction of sp³-hybridized carbons (Fsp3) is 0.211. The number of ketones is 1. The average molecular weight is 435 g/mol. The minimum absolute atomic E-state index is 0.0830. The predicted molar refractivity (Wildman–Crippen MR) is 113 cm³/mol. The molecule has 0 saturated heterocycles. The van der Waals surface area contributed by atoms with Crippen molar-refractivity contribution in [3.8, 4) is 11.5 Å². The molecule has 28 heavy (non-hydrogen) atoms. The Morgan fingerprint density at radius 1 is 1.18 bits per heavy atom. The number of carbonyl (C=O) groups excluding carboxylic acids is 2. The number of hydrogen-bond acceptors (Lipinski definition) is 8. The zero-order valence-corrected chi connectivity index (χ0v) is 17.7. The number of thiophene rings is 1. The summed E-state index contributed by atoms with van der Waals surface area (Å²) in [6, 6.07) is 8.87. The number of amides is 1. The Kier molecular flexibility index (Phi) is 7.07.